The Kier molecular flexibility index (Phi) is 4.45. The molecule has 0 bridgehead atoms. The molecule has 0 aromatic heterocycles. The van der Waals surface area contributed by atoms with E-state index in [0.717, 1.165) is 18.8 Å². The summed E-state index contributed by atoms with van der Waals surface area (Å²) in [5.74, 6) is 1.83. The van der Waals surface area contributed by atoms with E-state index in [1.807, 2.05) is 0 Å². The standard InChI is InChI=1S/C17H26O/c1-12(2)15-7-5-14(6-8-15)11-16-10-13(3)4-9-17(16)18/h5-8,12-13,16-18H,4,9-11H2,1-3H3. The Labute approximate surface area is 111 Å². The van der Waals surface area contributed by atoms with E-state index in [1.165, 1.54) is 24.0 Å². The van der Waals surface area contributed by atoms with Gasteiger partial charge in [-0.2, -0.15) is 0 Å². The first kappa shape index (κ1) is 13.6. The number of rotatable bonds is 3. The molecule has 1 heteroatoms. The van der Waals surface area contributed by atoms with Gasteiger partial charge in [0.1, 0.15) is 0 Å². The predicted molar refractivity (Wildman–Crippen MR) is 76.7 cm³/mol. The molecule has 1 aromatic rings. The van der Waals surface area contributed by atoms with Crippen molar-refractivity contribution in [3.8, 4) is 0 Å². The van der Waals surface area contributed by atoms with Crippen molar-refractivity contribution in [3.05, 3.63) is 35.4 Å². The molecular formula is C17H26O. The third kappa shape index (κ3) is 3.35. The number of aliphatic hydroxyl groups is 1. The van der Waals surface area contributed by atoms with Crippen molar-refractivity contribution in [2.75, 3.05) is 0 Å². The molecule has 0 aliphatic heterocycles. The van der Waals surface area contributed by atoms with Gasteiger partial charge >= 0.3 is 0 Å². The van der Waals surface area contributed by atoms with Crippen LogP contribution in [0.15, 0.2) is 24.3 Å². The van der Waals surface area contributed by atoms with Crippen molar-refractivity contribution >= 4 is 0 Å². The first-order valence-corrected chi connectivity index (χ1v) is 7.33. The molecule has 0 saturated heterocycles. The molecule has 3 atom stereocenters. The second-order valence-corrected chi connectivity index (χ2v) is 6.35. The highest BCUT2D eigenvalue weighted by Gasteiger charge is 2.26. The van der Waals surface area contributed by atoms with Crippen molar-refractivity contribution in [1.82, 2.24) is 0 Å². The van der Waals surface area contributed by atoms with Gasteiger partial charge in [-0.3, -0.25) is 0 Å². The third-order valence-corrected chi connectivity index (χ3v) is 4.35. The highest BCUT2D eigenvalue weighted by atomic mass is 16.3. The van der Waals surface area contributed by atoms with Gasteiger partial charge < -0.3 is 5.11 Å². The van der Waals surface area contributed by atoms with Crippen LogP contribution in [0, 0.1) is 11.8 Å². The monoisotopic (exact) mass is 246 g/mol. The van der Waals surface area contributed by atoms with E-state index < -0.39 is 0 Å². The van der Waals surface area contributed by atoms with Gasteiger partial charge in [0.2, 0.25) is 0 Å². The molecule has 0 heterocycles. The second kappa shape index (κ2) is 5.88. The zero-order valence-corrected chi connectivity index (χ0v) is 11.9. The Morgan fingerprint density at radius 2 is 1.83 bits per heavy atom. The molecule has 1 aliphatic carbocycles. The Hall–Kier alpha value is -0.820. The van der Waals surface area contributed by atoms with E-state index in [-0.39, 0.29) is 6.10 Å². The zero-order valence-electron chi connectivity index (χ0n) is 11.9. The third-order valence-electron chi connectivity index (χ3n) is 4.35. The topological polar surface area (TPSA) is 20.2 Å². The molecule has 18 heavy (non-hydrogen) atoms. The summed E-state index contributed by atoms with van der Waals surface area (Å²) in [6.07, 6.45) is 4.28. The molecule has 1 aromatic carbocycles. The van der Waals surface area contributed by atoms with Crippen molar-refractivity contribution in [1.29, 1.82) is 0 Å². The van der Waals surface area contributed by atoms with E-state index in [4.69, 9.17) is 0 Å². The summed E-state index contributed by atoms with van der Waals surface area (Å²) in [5.41, 5.74) is 2.77. The molecule has 2 rings (SSSR count). The van der Waals surface area contributed by atoms with Gasteiger partial charge in [0.05, 0.1) is 6.10 Å². The summed E-state index contributed by atoms with van der Waals surface area (Å²) in [4.78, 5) is 0. The van der Waals surface area contributed by atoms with Crippen LogP contribution in [0.5, 0.6) is 0 Å². The summed E-state index contributed by atoms with van der Waals surface area (Å²) in [7, 11) is 0. The van der Waals surface area contributed by atoms with Crippen LogP contribution < -0.4 is 0 Å². The first-order chi connectivity index (χ1) is 8.56. The molecule has 0 amide bonds. The molecular weight excluding hydrogens is 220 g/mol. The zero-order chi connectivity index (χ0) is 13.1. The van der Waals surface area contributed by atoms with Crippen LogP contribution in [0.25, 0.3) is 0 Å². The molecule has 1 fully saturated rings. The van der Waals surface area contributed by atoms with Crippen LogP contribution in [-0.4, -0.2) is 11.2 Å². The van der Waals surface area contributed by atoms with Crippen molar-refractivity contribution < 1.29 is 5.11 Å². The Morgan fingerprint density at radius 1 is 1.17 bits per heavy atom. The van der Waals surface area contributed by atoms with Crippen molar-refractivity contribution in [2.24, 2.45) is 11.8 Å². The minimum absolute atomic E-state index is 0.0917. The van der Waals surface area contributed by atoms with Crippen LogP contribution >= 0.6 is 0 Å². The van der Waals surface area contributed by atoms with E-state index >= 15 is 0 Å². The van der Waals surface area contributed by atoms with Gasteiger partial charge in [0, 0.05) is 0 Å². The second-order valence-electron chi connectivity index (χ2n) is 6.35. The van der Waals surface area contributed by atoms with E-state index in [9.17, 15) is 5.11 Å². The van der Waals surface area contributed by atoms with Gasteiger partial charge in [0.15, 0.2) is 0 Å². The van der Waals surface area contributed by atoms with Crippen LogP contribution in [0.3, 0.4) is 0 Å². The number of benzene rings is 1. The SMILES string of the molecule is CC1CCC(O)C(Cc2ccc(C(C)C)cc2)C1. The summed E-state index contributed by atoms with van der Waals surface area (Å²) in [6.45, 7) is 6.75. The molecule has 100 valence electrons. The van der Waals surface area contributed by atoms with Crippen LogP contribution in [0.2, 0.25) is 0 Å². The molecule has 1 aliphatic rings. The molecule has 1 N–H and O–H groups in total. The number of hydrogen-bond donors (Lipinski definition) is 1. The lowest BCUT2D eigenvalue weighted by Gasteiger charge is -2.31. The fourth-order valence-electron chi connectivity index (χ4n) is 3.04. The predicted octanol–water partition coefficient (Wildman–Crippen LogP) is 4.15. The van der Waals surface area contributed by atoms with Gasteiger partial charge in [0.25, 0.3) is 0 Å². The van der Waals surface area contributed by atoms with E-state index in [1.54, 1.807) is 0 Å². The lowest BCUT2D eigenvalue weighted by Crippen LogP contribution is -2.29. The van der Waals surface area contributed by atoms with Gasteiger partial charge in [-0.05, 0) is 54.6 Å². The lowest BCUT2D eigenvalue weighted by molar-refractivity contribution is 0.0519. The minimum Gasteiger partial charge on any atom is -0.393 e. The maximum Gasteiger partial charge on any atom is 0.0571 e. The van der Waals surface area contributed by atoms with Crippen LogP contribution in [0.1, 0.15) is 57.1 Å². The van der Waals surface area contributed by atoms with Crippen LogP contribution in [0.4, 0.5) is 0 Å². The van der Waals surface area contributed by atoms with Crippen molar-refractivity contribution in [2.45, 2.75) is 58.5 Å². The Morgan fingerprint density at radius 3 is 2.44 bits per heavy atom. The summed E-state index contributed by atoms with van der Waals surface area (Å²) >= 11 is 0. The minimum atomic E-state index is -0.0917. The number of aliphatic hydroxyl groups excluding tert-OH is 1. The Bertz CT molecular complexity index is 366. The smallest absolute Gasteiger partial charge is 0.0571 e. The molecule has 1 nitrogen and oxygen atoms in total. The van der Waals surface area contributed by atoms with E-state index in [2.05, 4.69) is 45.0 Å². The maximum absolute atomic E-state index is 10.1. The average Bonchev–Trinajstić information content (AvgIpc) is 2.34. The lowest BCUT2D eigenvalue weighted by atomic mass is 9.77. The van der Waals surface area contributed by atoms with Crippen molar-refractivity contribution in [3.63, 3.8) is 0 Å². The fourth-order valence-corrected chi connectivity index (χ4v) is 3.04. The highest BCUT2D eigenvalue weighted by molar-refractivity contribution is 5.25. The molecule has 0 spiro atoms. The summed E-state index contributed by atoms with van der Waals surface area (Å²) in [5, 5.41) is 10.1. The molecule has 0 radical (unpaired) electrons. The Balaban J connectivity index is 1.99. The molecule has 3 unspecified atom stereocenters. The number of hydrogen-bond acceptors (Lipinski definition) is 1. The van der Waals surface area contributed by atoms with Gasteiger partial charge in [-0.25, -0.2) is 0 Å². The largest absolute Gasteiger partial charge is 0.393 e. The summed E-state index contributed by atoms with van der Waals surface area (Å²) < 4.78 is 0. The quantitative estimate of drug-likeness (QED) is 0.849. The van der Waals surface area contributed by atoms with Gasteiger partial charge in [-0.1, -0.05) is 45.0 Å². The molecule has 1 saturated carbocycles. The van der Waals surface area contributed by atoms with Gasteiger partial charge in [-0.15, -0.1) is 0 Å². The fraction of sp³-hybridized carbons (Fsp3) is 0.647. The van der Waals surface area contributed by atoms with E-state index in [0.29, 0.717) is 11.8 Å². The maximum atomic E-state index is 10.1. The highest BCUT2D eigenvalue weighted by Crippen LogP contribution is 2.31. The average molecular weight is 246 g/mol. The van der Waals surface area contributed by atoms with Crippen LogP contribution in [-0.2, 0) is 6.42 Å². The summed E-state index contributed by atoms with van der Waals surface area (Å²) in [6, 6.07) is 8.94. The normalized spacial score (nSPS) is 28.6. The first-order valence-electron chi connectivity index (χ1n) is 7.33.